The number of carbonyl (C=O) groups is 3. The summed E-state index contributed by atoms with van der Waals surface area (Å²) in [6.07, 6.45) is -0.978. The number of esters is 2. The highest BCUT2D eigenvalue weighted by atomic mass is 79.9. The van der Waals surface area contributed by atoms with Gasteiger partial charge in [-0.3, -0.25) is 44.7 Å². The van der Waals surface area contributed by atoms with Crippen LogP contribution in [-0.4, -0.2) is 33.0 Å². The first-order valence-electron chi connectivity index (χ1n) is 11.1. The molecule has 3 aromatic rings. The molecule has 0 fully saturated rings. The molecule has 3 aromatic carbocycles. The first-order chi connectivity index (χ1) is 19.6. The lowest BCUT2D eigenvalue weighted by Gasteiger charge is -2.16. The van der Waals surface area contributed by atoms with Gasteiger partial charge in [0, 0.05) is 51.0 Å². The normalized spacial score (nSPS) is 9.79. The third-order valence-corrected chi connectivity index (χ3v) is 6.15. The third-order valence-electron chi connectivity index (χ3n) is 4.67. The zero-order valence-corrected chi connectivity index (χ0v) is 26.6. The molecule has 17 heteroatoms. The molecule has 0 saturated carbocycles. The van der Waals surface area contributed by atoms with E-state index < -0.39 is 28.1 Å². The van der Waals surface area contributed by atoms with Gasteiger partial charge in [-0.25, -0.2) is 0 Å². The summed E-state index contributed by atoms with van der Waals surface area (Å²) in [6, 6.07) is 13.4. The number of carbonyl (C=O) groups excluding carboxylic acids is 3. The Morgan fingerprint density at radius 1 is 0.714 bits per heavy atom. The minimum atomic E-state index is -1.44. The maximum atomic E-state index is 11.0. The summed E-state index contributed by atoms with van der Waals surface area (Å²) >= 11 is 9.33. The van der Waals surface area contributed by atoms with Gasteiger partial charge < -0.3 is 9.47 Å². The molecule has 0 N–H and O–H groups in total. The van der Waals surface area contributed by atoms with E-state index in [-0.39, 0.29) is 33.1 Å². The van der Waals surface area contributed by atoms with E-state index in [1.54, 1.807) is 25.1 Å². The van der Waals surface area contributed by atoms with E-state index in [1.807, 2.05) is 0 Å². The van der Waals surface area contributed by atoms with Crippen molar-refractivity contribution in [3.05, 3.63) is 115 Å². The fraction of sp³-hybridized carbons (Fsp3) is 0.160. The number of hydrogen-bond donors (Lipinski definition) is 0. The molecule has 0 radical (unpaired) electrons. The van der Waals surface area contributed by atoms with Gasteiger partial charge in [0.2, 0.25) is 0 Å². The van der Waals surface area contributed by atoms with E-state index in [4.69, 9.17) is 9.47 Å². The second-order valence-electron chi connectivity index (χ2n) is 7.78. The Balaban J connectivity index is 0.000000332. The average Bonchev–Trinajstić information content (AvgIpc) is 2.89. The number of nitrogens with zero attached hydrogens (tertiary/aromatic N) is 3. The van der Waals surface area contributed by atoms with Gasteiger partial charge in [0.1, 0.15) is 5.56 Å². The van der Waals surface area contributed by atoms with Gasteiger partial charge in [0.05, 0.1) is 20.3 Å². The molecule has 0 spiro atoms. The number of hydrogen-bond acceptors (Lipinski definition) is 11. The highest BCUT2D eigenvalue weighted by Crippen LogP contribution is 2.31. The van der Waals surface area contributed by atoms with Crippen molar-refractivity contribution in [1.82, 2.24) is 0 Å². The molecule has 0 atom stereocenters. The van der Waals surface area contributed by atoms with Crippen LogP contribution in [0.4, 0.5) is 17.1 Å². The summed E-state index contributed by atoms with van der Waals surface area (Å²) in [5.41, 5.74) is 0.403. The quantitative estimate of drug-likeness (QED) is 0.0766. The van der Waals surface area contributed by atoms with Crippen molar-refractivity contribution >= 4 is 83.1 Å². The molecule has 3 rings (SSSR count). The van der Waals surface area contributed by atoms with Crippen LogP contribution >= 0.6 is 47.8 Å². The summed E-state index contributed by atoms with van der Waals surface area (Å²) in [5.74, 6) is -1.44. The predicted molar refractivity (Wildman–Crippen MR) is 159 cm³/mol. The van der Waals surface area contributed by atoms with Crippen molar-refractivity contribution in [3.63, 3.8) is 0 Å². The molecule has 0 amide bonds. The van der Waals surface area contributed by atoms with E-state index in [2.05, 4.69) is 47.8 Å². The van der Waals surface area contributed by atoms with Crippen molar-refractivity contribution in [2.75, 3.05) is 0 Å². The zero-order valence-electron chi connectivity index (χ0n) is 21.8. The molecule has 0 aliphatic carbocycles. The Kier molecular flexibility index (Phi) is 14.5. The van der Waals surface area contributed by atoms with Gasteiger partial charge in [-0.15, -0.1) is 0 Å². The summed E-state index contributed by atoms with van der Waals surface area (Å²) in [6.45, 7) is 3.94. The molecular weight excluding hydrogens is 758 g/mol. The molecule has 14 nitrogen and oxygen atoms in total. The smallest absolute Gasteiger partial charge is 0.305 e. The standard InChI is InChI=1S/C11H10BrNO6.C7H4BrNO3.C7H6BrNO2/c1-6(14)18-11(19-7(2)15)9-4-3-8(12)5-10(9)13(16)17;8-6-2-1-5(4-10)7(3-6)9(11)12;1-5-2-3-6(8)4-7(5)9(10)11/h3-5,11H,1-2H3;1-4H;2-4H,1H3. The van der Waals surface area contributed by atoms with Crippen molar-refractivity contribution < 1.29 is 38.6 Å². The maximum absolute atomic E-state index is 11.0. The number of rotatable bonds is 7. The molecular formula is C25H20Br3N3O11. The topological polar surface area (TPSA) is 199 Å². The van der Waals surface area contributed by atoms with Crippen LogP contribution in [0, 0.1) is 37.3 Å². The number of halogens is 3. The van der Waals surface area contributed by atoms with Crippen LogP contribution in [0.3, 0.4) is 0 Å². The molecule has 0 heterocycles. The third kappa shape index (κ3) is 11.8. The van der Waals surface area contributed by atoms with Crippen molar-refractivity contribution in [1.29, 1.82) is 0 Å². The maximum Gasteiger partial charge on any atom is 0.305 e. The molecule has 0 aliphatic rings. The Labute approximate surface area is 262 Å². The second kappa shape index (κ2) is 17.0. The van der Waals surface area contributed by atoms with Crippen LogP contribution in [0.15, 0.2) is 68.0 Å². The first-order valence-corrected chi connectivity index (χ1v) is 13.5. The van der Waals surface area contributed by atoms with Gasteiger partial charge in [-0.05, 0) is 37.3 Å². The van der Waals surface area contributed by atoms with Crippen LogP contribution < -0.4 is 0 Å². The van der Waals surface area contributed by atoms with Crippen molar-refractivity contribution in [2.45, 2.75) is 27.1 Å². The lowest BCUT2D eigenvalue weighted by atomic mass is 10.1. The molecule has 222 valence electrons. The Morgan fingerprint density at radius 3 is 1.52 bits per heavy atom. The highest BCUT2D eigenvalue weighted by Gasteiger charge is 2.27. The predicted octanol–water partition coefficient (Wildman–Crippen LogP) is 7.32. The van der Waals surface area contributed by atoms with Crippen molar-refractivity contribution in [3.8, 4) is 0 Å². The largest absolute Gasteiger partial charge is 0.420 e. The molecule has 0 bridgehead atoms. The highest BCUT2D eigenvalue weighted by molar-refractivity contribution is 9.11. The fourth-order valence-electron chi connectivity index (χ4n) is 2.88. The zero-order chi connectivity index (χ0) is 32.1. The Morgan fingerprint density at radius 2 is 1.12 bits per heavy atom. The summed E-state index contributed by atoms with van der Waals surface area (Å²) in [4.78, 5) is 62.3. The Hall–Kier alpha value is -4.09. The number of benzene rings is 3. The minimum Gasteiger partial charge on any atom is -0.420 e. The SMILES string of the molecule is CC(=O)OC(OC(C)=O)c1ccc(Br)cc1[N+](=O)[O-].Cc1ccc(Br)cc1[N+](=O)[O-].O=Cc1ccc(Br)cc1[N+](=O)[O-]. The monoisotopic (exact) mass is 775 g/mol. The van der Waals surface area contributed by atoms with Gasteiger partial charge in [0.15, 0.2) is 6.29 Å². The molecule has 0 aromatic heterocycles. The molecule has 0 saturated heterocycles. The summed E-state index contributed by atoms with van der Waals surface area (Å²) < 4.78 is 11.3. The van der Waals surface area contributed by atoms with Crippen LogP contribution in [0.1, 0.15) is 41.6 Å². The number of nitro benzene ring substituents is 3. The van der Waals surface area contributed by atoms with Gasteiger partial charge >= 0.3 is 11.9 Å². The second-order valence-corrected chi connectivity index (χ2v) is 10.5. The molecule has 42 heavy (non-hydrogen) atoms. The summed E-state index contributed by atoms with van der Waals surface area (Å²) in [7, 11) is 0. The van der Waals surface area contributed by atoms with Crippen LogP contribution in [-0.2, 0) is 19.1 Å². The average molecular weight is 778 g/mol. The van der Waals surface area contributed by atoms with E-state index in [0.717, 1.165) is 18.3 Å². The van der Waals surface area contributed by atoms with E-state index in [0.29, 0.717) is 20.8 Å². The number of aldehydes is 1. The molecule has 0 aliphatic heterocycles. The van der Waals surface area contributed by atoms with Crippen molar-refractivity contribution in [2.24, 2.45) is 0 Å². The van der Waals surface area contributed by atoms with Gasteiger partial charge in [0.25, 0.3) is 23.4 Å². The number of nitro groups is 3. The minimum absolute atomic E-state index is 0.0152. The number of ether oxygens (including phenoxy) is 2. The fourth-order valence-corrected chi connectivity index (χ4v) is 3.93. The lowest BCUT2D eigenvalue weighted by molar-refractivity contribution is -0.386. The molecule has 0 unspecified atom stereocenters. The lowest BCUT2D eigenvalue weighted by Crippen LogP contribution is -2.16. The Bertz CT molecular complexity index is 1500. The van der Waals surface area contributed by atoms with E-state index >= 15 is 0 Å². The summed E-state index contributed by atoms with van der Waals surface area (Å²) in [5, 5.41) is 31.7. The van der Waals surface area contributed by atoms with Gasteiger partial charge in [-0.1, -0.05) is 53.9 Å². The van der Waals surface area contributed by atoms with Crippen LogP contribution in [0.5, 0.6) is 0 Å². The van der Waals surface area contributed by atoms with Crippen LogP contribution in [0.25, 0.3) is 0 Å². The van der Waals surface area contributed by atoms with E-state index in [1.165, 1.54) is 36.4 Å². The van der Waals surface area contributed by atoms with Gasteiger partial charge in [-0.2, -0.15) is 0 Å². The number of aryl methyl sites for hydroxylation is 1. The first kappa shape index (κ1) is 35.9. The van der Waals surface area contributed by atoms with E-state index in [9.17, 15) is 44.7 Å². The van der Waals surface area contributed by atoms with Crippen LogP contribution in [0.2, 0.25) is 0 Å².